The van der Waals surface area contributed by atoms with Crippen LogP contribution >= 0.6 is 12.2 Å². The first-order valence-corrected chi connectivity index (χ1v) is 9.19. The first-order valence-electron chi connectivity index (χ1n) is 8.78. The van der Waals surface area contributed by atoms with Crippen molar-refractivity contribution in [1.29, 1.82) is 0 Å². The molecule has 0 saturated heterocycles. The van der Waals surface area contributed by atoms with E-state index in [9.17, 15) is 14.7 Å². The van der Waals surface area contributed by atoms with Gasteiger partial charge < -0.3 is 10.0 Å². The lowest BCUT2D eigenvalue weighted by Crippen LogP contribution is -2.45. The molecule has 0 radical (unpaired) electrons. The number of aryl methyl sites for hydroxylation is 2. The molecule has 0 spiro atoms. The number of hydrogen-bond acceptors (Lipinski definition) is 3. The highest BCUT2D eigenvalue weighted by Crippen LogP contribution is 2.14. The normalized spacial score (nSPS) is 12.0. The Balaban J connectivity index is 2.38. The van der Waals surface area contributed by atoms with Crippen molar-refractivity contribution < 1.29 is 14.7 Å². The smallest absolute Gasteiger partial charge is 0.326 e. The van der Waals surface area contributed by atoms with E-state index in [1.165, 1.54) is 16.0 Å². The van der Waals surface area contributed by atoms with E-state index >= 15 is 0 Å². The van der Waals surface area contributed by atoms with Crippen molar-refractivity contribution in [1.82, 2.24) is 4.90 Å². The Labute approximate surface area is 156 Å². The van der Waals surface area contributed by atoms with Crippen LogP contribution < -0.4 is 0 Å². The van der Waals surface area contributed by atoms with Gasteiger partial charge in [0.25, 0.3) is 0 Å². The Bertz CT molecular complexity index is 613. The van der Waals surface area contributed by atoms with Crippen LogP contribution in [0.4, 0.5) is 0 Å². The lowest BCUT2D eigenvalue weighted by molar-refractivity contribution is -0.151. The maximum Gasteiger partial charge on any atom is 0.326 e. The molecule has 4 nitrogen and oxygen atoms in total. The van der Waals surface area contributed by atoms with Gasteiger partial charge in [0.1, 0.15) is 6.04 Å². The number of likely N-dealkylation sites (N-methyl/N-ethyl adjacent to an activating group) is 1. The Morgan fingerprint density at radius 3 is 2.36 bits per heavy atom. The van der Waals surface area contributed by atoms with Crippen molar-refractivity contribution in [2.24, 2.45) is 5.92 Å². The van der Waals surface area contributed by atoms with Gasteiger partial charge in [-0.25, -0.2) is 4.79 Å². The molecule has 1 rings (SSSR count). The number of benzene rings is 1. The SMILES string of the molecule is Cc1ccccc1CCC(=S)CCCC(=O)N(C)[C@H](C(=O)O)C(C)C. The largest absolute Gasteiger partial charge is 0.480 e. The Kier molecular flexibility index (Phi) is 8.76. The monoisotopic (exact) mass is 363 g/mol. The van der Waals surface area contributed by atoms with Crippen LogP contribution in [0.25, 0.3) is 0 Å². The van der Waals surface area contributed by atoms with Gasteiger partial charge in [-0.3, -0.25) is 4.79 Å². The van der Waals surface area contributed by atoms with Crippen LogP contribution in [0.2, 0.25) is 0 Å². The third kappa shape index (κ3) is 6.94. The van der Waals surface area contributed by atoms with Gasteiger partial charge in [-0.15, -0.1) is 0 Å². The number of rotatable bonds is 10. The fraction of sp³-hybridized carbons (Fsp3) is 0.550. The highest BCUT2D eigenvalue weighted by atomic mass is 32.1. The van der Waals surface area contributed by atoms with Gasteiger partial charge in [0.2, 0.25) is 5.91 Å². The third-order valence-corrected chi connectivity index (χ3v) is 4.88. The van der Waals surface area contributed by atoms with E-state index in [-0.39, 0.29) is 11.8 Å². The van der Waals surface area contributed by atoms with E-state index in [2.05, 4.69) is 19.1 Å². The number of carboxylic acids is 1. The molecule has 0 aliphatic heterocycles. The second kappa shape index (κ2) is 10.3. The van der Waals surface area contributed by atoms with Gasteiger partial charge in [0.15, 0.2) is 0 Å². The summed E-state index contributed by atoms with van der Waals surface area (Å²) in [6.07, 6.45) is 3.49. The minimum atomic E-state index is -0.959. The zero-order valence-corrected chi connectivity index (χ0v) is 16.4. The van der Waals surface area contributed by atoms with E-state index < -0.39 is 12.0 Å². The second-order valence-corrected chi connectivity index (χ2v) is 7.43. The first kappa shape index (κ1) is 21.3. The number of carbonyl (C=O) groups is 2. The van der Waals surface area contributed by atoms with Gasteiger partial charge in [0, 0.05) is 13.5 Å². The summed E-state index contributed by atoms with van der Waals surface area (Å²) >= 11 is 5.43. The quantitative estimate of drug-likeness (QED) is 0.638. The van der Waals surface area contributed by atoms with Crippen LogP contribution in [-0.4, -0.2) is 39.8 Å². The number of thiocarbonyl (C=S) groups is 1. The molecular weight excluding hydrogens is 334 g/mol. The van der Waals surface area contributed by atoms with E-state index in [4.69, 9.17) is 12.2 Å². The van der Waals surface area contributed by atoms with Crippen molar-refractivity contribution in [2.45, 2.75) is 58.9 Å². The molecule has 0 saturated carbocycles. The molecule has 0 fully saturated rings. The number of aliphatic carboxylic acids is 1. The summed E-state index contributed by atoms with van der Waals surface area (Å²) < 4.78 is 0. The number of amides is 1. The summed E-state index contributed by atoms with van der Waals surface area (Å²) in [5.41, 5.74) is 2.58. The molecule has 1 amide bonds. The van der Waals surface area contributed by atoms with Crippen molar-refractivity contribution >= 4 is 29.0 Å². The van der Waals surface area contributed by atoms with Crippen molar-refractivity contribution in [3.8, 4) is 0 Å². The number of carbonyl (C=O) groups excluding carboxylic acids is 1. The standard InChI is InChI=1S/C20H29NO3S/c1-14(2)19(20(23)24)21(4)18(22)11-7-10-17(25)13-12-16-9-6-5-8-15(16)3/h5-6,8-9,14,19H,7,10-13H2,1-4H3,(H,23,24)/t19-/m0/s1. The topological polar surface area (TPSA) is 57.6 Å². The van der Waals surface area contributed by atoms with Crippen molar-refractivity contribution in [3.05, 3.63) is 35.4 Å². The molecule has 1 atom stereocenters. The van der Waals surface area contributed by atoms with Gasteiger partial charge >= 0.3 is 5.97 Å². The molecule has 25 heavy (non-hydrogen) atoms. The van der Waals surface area contributed by atoms with Crippen molar-refractivity contribution in [3.63, 3.8) is 0 Å². The van der Waals surface area contributed by atoms with Crippen LogP contribution in [0.3, 0.4) is 0 Å². The molecular formula is C20H29NO3S. The molecule has 138 valence electrons. The minimum absolute atomic E-state index is 0.123. The summed E-state index contributed by atoms with van der Waals surface area (Å²) in [5, 5.41) is 9.26. The zero-order chi connectivity index (χ0) is 19.0. The average molecular weight is 364 g/mol. The molecule has 5 heteroatoms. The lowest BCUT2D eigenvalue weighted by Gasteiger charge is -2.27. The molecule has 1 aromatic rings. The summed E-state index contributed by atoms with van der Waals surface area (Å²) in [6.45, 7) is 5.72. The summed E-state index contributed by atoms with van der Waals surface area (Å²) in [4.78, 5) is 25.8. The predicted molar refractivity (Wildman–Crippen MR) is 105 cm³/mol. The van der Waals surface area contributed by atoms with Gasteiger partial charge in [-0.1, -0.05) is 50.3 Å². The maximum absolute atomic E-state index is 12.2. The number of carboxylic acid groups (broad SMARTS) is 1. The van der Waals surface area contributed by atoms with Gasteiger partial charge in [-0.05, 0) is 54.5 Å². The second-order valence-electron chi connectivity index (χ2n) is 6.85. The van der Waals surface area contributed by atoms with E-state index in [0.29, 0.717) is 12.8 Å². The van der Waals surface area contributed by atoms with E-state index in [1.807, 2.05) is 26.0 Å². The van der Waals surface area contributed by atoms with Crippen LogP contribution in [-0.2, 0) is 16.0 Å². The first-order chi connectivity index (χ1) is 11.7. The molecule has 0 aliphatic carbocycles. The molecule has 0 unspecified atom stereocenters. The highest BCUT2D eigenvalue weighted by molar-refractivity contribution is 7.80. The molecule has 1 aromatic carbocycles. The lowest BCUT2D eigenvalue weighted by atomic mass is 10.0. The van der Waals surface area contributed by atoms with E-state index in [0.717, 1.165) is 24.1 Å². The fourth-order valence-electron chi connectivity index (χ4n) is 2.96. The number of nitrogens with zero attached hydrogens (tertiary/aromatic N) is 1. The molecule has 1 N–H and O–H groups in total. The Morgan fingerprint density at radius 2 is 1.80 bits per heavy atom. The van der Waals surface area contributed by atoms with Gasteiger partial charge in [-0.2, -0.15) is 0 Å². The van der Waals surface area contributed by atoms with Crippen LogP contribution in [0.15, 0.2) is 24.3 Å². The average Bonchev–Trinajstić information content (AvgIpc) is 2.53. The third-order valence-electron chi connectivity index (χ3n) is 4.48. The van der Waals surface area contributed by atoms with Crippen LogP contribution in [0.5, 0.6) is 0 Å². The van der Waals surface area contributed by atoms with Crippen LogP contribution in [0, 0.1) is 12.8 Å². The molecule has 0 bridgehead atoms. The minimum Gasteiger partial charge on any atom is -0.480 e. The summed E-state index contributed by atoms with van der Waals surface area (Å²) in [7, 11) is 1.57. The number of hydrogen-bond donors (Lipinski definition) is 1. The molecule has 0 aliphatic rings. The fourth-order valence-corrected chi connectivity index (χ4v) is 3.20. The highest BCUT2D eigenvalue weighted by Gasteiger charge is 2.28. The van der Waals surface area contributed by atoms with Gasteiger partial charge in [0.05, 0.1) is 0 Å². The Hall–Kier alpha value is -1.75. The van der Waals surface area contributed by atoms with Crippen molar-refractivity contribution in [2.75, 3.05) is 7.05 Å². The summed E-state index contributed by atoms with van der Waals surface area (Å²) in [5.74, 6) is -1.22. The maximum atomic E-state index is 12.2. The van der Waals surface area contributed by atoms with Crippen LogP contribution in [0.1, 0.15) is 50.7 Å². The van der Waals surface area contributed by atoms with E-state index in [1.54, 1.807) is 7.05 Å². The predicted octanol–water partition coefficient (Wildman–Crippen LogP) is 4.04. The Morgan fingerprint density at radius 1 is 1.16 bits per heavy atom. The summed E-state index contributed by atoms with van der Waals surface area (Å²) in [6, 6.07) is 7.50. The molecule has 0 aromatic heterocycles. The molecule has 0 heterocycles. The zero-order valence-electron chi connectivity index (χ0n) is 15.6.